The highest BCUT2D eigenvalue weighted by molar-refractivity contribution is 14.0. The average molecular weight is 557 g/mol. The number of halogens is 1. The number of aromatic amines is 1. The van der Waals surface area contributed by atoms with Crippen molar-refractivity contribution in [1.29, 1.82) is 0 Å². The molecule has 32 heavy (non-hydrogen) atoms. The Kier molecular flexibility index (Phi) is 10.4. The minimum absolute atomic E-state index is 0. The lowest BCUT2D eigenvalue weighted by Gasteiger charge is -2.18. The Hall–Kier alpha value is -2.17. The lowest BCUT2D eigenvalue weighted by molar-refractivity contribution is -0.127. The second-order valence-corrected chi connectivity index (χ2v) is 8.19. The molecule has 1 fully saturated rings. The summed E-state index contributed by atoms with van der Waals surface area (Å²) >= 11 is 0. The van der Waals surface area contributed by atoms with E-state index in [0.29, 0.717) is 6.04 Å². The van der Waals surface area contributed by atoms with Crippen molar-refractivity contribution in [3.05, 3.63) is 23.9 Å². The van der Waals surface area contributed by atoms with Crippen LogP contribution in [0, 0.1) is 0 Å². The molecule has 0 atom stereocenters. The van der Waals surface area contributed by atoms with Gasteiger partial charge >= 0.3 is 0 Å². The number of aromatic nitrogens is 1. The smallest absolute Gasteiger partial charge is 0.243 e. The number of carbonyl (C=O) groups is 1. The molecular weight excluding hydrogens is 521 g/mol. The molecule has 1 heterocycles. The van der Waals surface area contributed by atoms with E-state index in [2.05, 4.69) is 26.7 Å². The van der Waals surface area contributed by atoms with Gasteiger partial charge < -0.3 is 30.0 Å². The Balaban J connectivity index is 0.00000363. The summed E-state index contributed by atoms with van der Waals surface area (Å²) in [6.07, 6.45) is 6.62. The highest BCUT2D eigenvalue weighted by atomic mass is 127. The number of aliphatic imine (C=N–C) groups is 1. The van der Waals surface area contributed by atoms with E-state index in [9.17, 15) is 4.79 Å². The Labute approximate surface area is 207 Å². The largest absolute Gasteiger partial charge is 0.497 e. The van der Waals surface area contributed by atoms with Gasteiger partial charge in [-0.1, -0.05) is 12.8 Å². The molecule has 178 valence electrons. The third-order valence-corrected chi connectivity index (χ3v) is 5.67. The molecule has 1 saturated carbocycles. The van der Waals surface area contributed by atoms with Crippen molar-refractivity contribution < 1.29 is 14.3 Å². The number of fused-ring (bicyclic) bond motifs is 1. The van der Waals surface area contributed by atoms with Crippen LogP contribution in [0.15, 0.2) is 23.2 Å². The summed E-state index contributed by atoms with van der Waals surface area (Å²) in [6.45, 7) is 0.920. The van der Waals surface area contributed by atoms with E-state index in [1.54, 1.807) is 33.2 Å². The lowest BCUT2D eigenvalue weighted by Crippen LogP contribution is -2.43. The molecule has 0 spiro atoms. The van der Waals surface area contributed by atoms with Gasteiger partial charge in [0.15, 0.2) is 5.96 Å². The second kappa shape index (κ2) is 12.8. The van der Waals surface area contributed by atoms with Crippen molar-refractivity contribution in [2.24, 2.45) is 4.99 Å². The number of methoxy groups -OCH3 is 2. The van der Waals surface area contributed by atoms with Crippen molar-refractivity contribution in [3.8, 4) is 11.5 Å². The monoisotopic (exact) mass is 557 g/mol. The van der Waals surface area contributed by atoms with Gasteiger partial charge in [-0.15, -0.1) is 24.0 Å². The van der Waals surface area contributed by atoms with Gasteiger partial charge in [0.1, 0.15) is 18.0 Å². The highest BCUT2D eigenvalue weighted by Gasteiger charge is 2.16. The molecule has 0 bridgehead atoms. The van der Waals surface area contributed by atoms with Gasteiger partial charge in [0.25, 0.3) is 0 Å². The predicted octanol–water partition coefficient (Wildman–Crippen LogP) is 3.30. The third-order valence-electron chi connectivity index (χ3n) is 5.67. The molecule has 3 rings (SSSR count). The van der Waals surface area contributed by atoms with Crippen LogP contribution in [0.1, 0.15) is 37.8 Å². The first-order valence-corrected chi connectivity index (χ1v) is 11.0. The van der Waals surface area contributed by atoms with Crippen LogP contribution in [0.25, 0.3) is 10.9 Å². The van der Waals surface area contributed by atoms with Gasteiger partial charge in [0.2, 0.25) is 5.91 Å². The first-order valence-electron chi connectivity index (χ1n) is 11.0. The van der Waals surface area contributed by atoms with Crippen LogP contribution in [0.5, 0.6) is 11.5 Å². The number of nitrogens with one attached hydrogen (secondary N) is 3. The number of H-pyrrole nitrogens is 1. The zero-order valence-electron chi connectivity index (χ0n) is 19.5. The molecule has 0 radical (unpaired) electrons. The number of aryl methyl sites for hydroxylation is 1. The third kappa shape index (κ3) is 7.18. The fourth-order valence-electron chi connectivity index (χ4n) is 3.85. The molecule has 1 aliphatic carbocycles. The topological polar surface area (TPSA) is 91.0 Å². The summed E-state index contributed by atoms with van der Waals surface area (Å²) in [5.41, 5.74) is 2.15. The molecule has 1 aromatic carbocycles. The number of guanidine groups is 1. The molecule has 2 aromatic rings. The minimum Gasteiger partial charge on any atom is -0.497 e. The molecule has 0 saturated heterocycles. The summed E-state index contributed by atoms with van der Waals surface area (Å²) in [7, 11) is 6.82. The van der Waals surface area contributed by atoms with Crippen molar-refractivity contribution >= 4 is 46.7 Å². The number of carbonyl (C=O) groups excluding carboxylic acids is 1. The van der Waals surface area contributed by atoms with Gasteiger partial charge in [-0.3, -0.25) is 4.79 Å². The number of amides is 1. The number of hydrogen-bond acceptors (Lipinski definition) is 4. The first-order chi connectivity index (χ1) is 15.0. The number of nitrogens with zero attached hydrogens (tertiary/aromatic N) is 2. The van der Waals surface area contributed by atoms with Crippen molar-refractivity contribution in [2.75, 3.05) is 41.4 Å². The van der Waals surface area contributed by atoms with E-state index in [1.807, 2.05) is 12.1 Å². The summed E-state index contributed by atoms with van der Waals surface area (Å²) in [4.78, 5) is 21.4. The normalized spacial score (nSPS) is 14.2. The fourth-order valence-corrected chi connectivity index (χ4v) is 3.85. The van der Waals surface area contributed by atoms with Crippen molar-refractivity contribution in [2.45, 2.75) is 44.6 Å². The van der Waals surface area contributed by atoms with E-state index in [-0.39, 0.29) is 36.4 Å². The Morgan fingerprint density at radius 3 is 2.59 bits per heavy atom. The van der Waals surface area contributed by atoms with Crippen LogP contribution in [-0.4, -0.2) is 69.2 Å². The van der Waals surface area contributed by atoms with E-state index in [1.165, 1.54) is 12.8 Å². The lowest BCUT2D eigenvalue weighted by atomic mass is 10.2. The van der Waals surface area contributed by atoms with Gasteiger partial charge in [-0.25, -0.2) is 4.99 Å². The maximum absolute atomic E-state index is 11.9. The van der Waals surface area contributed by atoms with Gasteiger partial charge in [0.05, 0.1) is 19.7 Å². The Morgan fingerprint density at radius 1 is 1.19 bits per heavy atom. The van der Waals surface area contributed by atoms with E-state index >= 15 is 0 Å². The maximum Gasteiger partial charge on any atom is 0.243 e. The Bertz CT molecular complexity index is 906. The van der Waals surface area contributed by atoms with Crippen LogP contribution in [0.3, 0.4) is 0 Å². The Morgan fingerprint density at radius 2 is 1.94 bits per heavy atom. The van der Waals surface area contributed by atoms with Crippen LogP contribution in [0.2, 0.25) is 0 Å². The second-order valence-electron chi connectivity index (χ2n) is 8.19. The number of hydrogen-bond donors (Lipinski definition) is 3. The molecule has 8 nitrogen and oxygen atoms in total. The molecule has 0 aliphatic heterocycles. The number of likely N-dealkylation sites (N-methyl/N-ethyl adjacent to an activating group) is 1. The molecule has 1 aliphatic rings. The maximum atomic E-state index is 11.9. The summed E-state index contributed by atoms with van der Waals surface area (Å²) in [5.74, 6) is 2.29. The summed E-state index contributed by atoms with van der Waals surface area (Å²) in [5, 5.41) is 7.94. The SMILES string of the molecule is COc1cc(OC)c2cc(CCCNC(=NCC(=O)N(C)C)NC3CCCC3)[nH]c2c1.I. The molecule has 1 amide bonds. The quantitative estimate of drug-likeness (QED) is 0.191. The van der Waals surface area contributed by atoms with Gasteiger partial charge in [-0.05, 0) is 31.7 Å². The summed E-state index contributed by atoms with van der Waals surface area (Å²) in [6, 6.07) is 6.46. The van der Waals surface area contributed by atoms with Crippen molar-refractivity contribution in [1.82, 2.24) is 20.5 Å². The van der Waals surface area contributed by atoms with Crippen LogP contribution in [-0.2, 0) is 11.2 Å². The standard InChI is InChI=1S/C23H35N5O3.HI/c1-28(2)22(29)15-25-23(27-16-8-5-6-9-16)24-11-7-10-17-12-19-20(26-17)13-18(30-3)14-21(19)31-4;/h12-14,16,26H,5-11,15H2,1-4H3,(H2,24,25,27);1H. The first kappa shape index (κ1) is 26.1. The van der Waals surface area contributed by atoms with Crippen LogP contribution < -0.4 is 20.1 Å². The minimum atomic E-state index is -0.00465. The zero-order valence-corrected chi connectivity index (χ0v) is 21.8. The zero-order chi connectivity index (χ0) is 22.2. The van der Waals surface area contributed by atoms with E-state index < -0.39 is 0 Å². The molecule has 3 N–H and O–H groups in total. The van der Waals surface area contributed by atoms with Crippen LogP contribution in [0.4, 0.5) is 0 Å². The predicted molar refractivity (Wildman–Crippen MR) is 140 cm³/mol. The molecule has 9 heteroatoms. The fraction of sp³-hybridized carbons (Fsp3) is 0.565. The molecule has 0 unspecified atom stereocenters. The highest BCUT2D eigenvalue weighted by Crippen LogP contribution is 2.31. The number of ether oxygens (including phenoxy) is 2. The van der Waals surface area contributed by atoms with Gasteiger partial charge in [0, 0.05) is 49.9 Å². The number of rotatable bonds is 9. The van der Waals surface area contributed by atoms with E-state index in [0.717, 1.165) is 66.3 Å². The van der Waals surface area contributed by atoms with Gasteiger partial charge in [-0.2, -0.15) is 0 Å². The van der Waals surface area contributed by atoms with E-state index in [4.69, 9.17) is 9.47 Å². The average Bonchev–Trinajstić information content (AvgIpc) is 3.42. The summed E-state index contributed by atoms with van der Waals surface area (Å²) < 4.78 is 10.9. The number of benzene rings is 1. The van der Waals surface area contributed by atoms with Crippen LogP contribution >= 0.6 is 24.0 Å². The van der Waals surface area contributed by atoms with Crippen molar-refractivity contribution in [3.63, 3.8) is 0 Å². The molecular formula is C23H36IN5O3. The molecule has 1 aromatic heterocycles.